The van der Waals surface area contributed by atoms with E-state index >= 15 is 0 Å². The molecule has 0 unspecified atom stereocenters. The van der Waals surface area contributed by atoms with Gasteiger partial charge in [-0.05, 0) is 63.5 Å². The standard InChI is InChI=1S/C13H26N2/c14-8-2-1-3-9-15-10-12-4-5-13(11-15)7-6-12/h12-13H,1-11,14H2. The molecule has 0 spiro atoms. The van der Waals surface area contributed by atoms with Gasteiger partial charge < -0.3 is 10.6 Å². The van der Waals surface area contributed by atoms with Crippen LogP contribution in [0.2, 0.25) is 0 Å². The minimum Gasteiger partial charge on any atom is -0.330 e. The maximum absolute atomic E-state index is 5.51. The first kappa shape index (κ1) is 11.4. The number of hydrogen-bond donors (Lipinski definition) is 1. The molecule has 3 rings (SSSR count). The van der Waals surface area contributed by atoms with Gasteiger partial charge in [0.25, 0.3) is 0 Å². The molecule has 2 N–H and O–H groups in total. The molecule has 15 heavy (non-hydrogen) atoms. The van der Waals surface area contributed by atoms with E-state index in [4.69, 9.17) is 5.73 Å². The lowest BCUT2D eigenvalue weighted by atomic mass is 9.84. The van der Waals surface area contributed by atoms with E-state index in [0.717, 1.165) is 18.4 Å². The van der Waals surface area contributed by atoms with Gasteiger partial charge in [0.15, 0.2) is 0 Å². The highest BCUT2D eigenvalue weighted by Gasteiger charge is 2.28. The molecule has 2 aliphatic heterocycles. The first-order valence-corrected chi connectivity index (χ1v) is 6.81. The number of nitrogens with zero attached hydrogens (tertiary/aromatic N) is 1. The Morgan fingerprint density at radius 2 is 1.47 bits per heavy atom. The molecule has 0 aromatic rings. The van der Waals surface area contributed by atoms with Crippen LogP contribution in [0.5, 0.6) is 0 Å². The molecule has 2 saturated heterocycles. The van der Waals surface area contributed by atoms with Gasteiger partial charge in [-0.25, -0.2) is 0 Å². The van der Waals surface area contributed by atoms with Crippen molar-refractivity contribution in [3.63, 3.8) is 0 Å². The Kier molecular flexibility index (Phi) is 4.45. The molecule has 88 valence electrons. The molecule has 2 nitrogen and oxygen atoms in total. The van der Waals surface area contributed by atoms with Crippen LogP contribution in [0.3, 0.4) is 0 Å². The number of rotatable bonds is 5. The van der Waals surface area contributed by atoms with Gasteiger partial charge in [0.2, 0.25) is 0 Å². The van der Waals surface area contributed by atoms with Gasteiger partial charge in [-0.3, -0.25) is 0 Å². The highest BCUT2D eigenvalue weighted by atomic mass is 15.1. The van der Waals surface area contributed by atoms with Crippen molar-refractivity contribution in [2.24, 2.45) is 17.6 Å². The van der Waals surface area contributed by atoms with E-state index in [9.17, 15) is 0 Å². The minimum atomic E-state index is 0.866. The Balaban J connectivity index is 1.69. The van der Waals surface area contributed by atoms with Crippen molar-refractivity contribution < 1.29 is 0 Å². The largest absolute Gasteiger partial charge is 0.330 e. The van der Waals surface area contributed by atoms with Gasteiger partial charge in [-0.15, -0.1) is 0 Å². The van der Waals surface area contributed by atoms with Gasteiger partial charge >= 0.3 is 0 Å². The molecular formula is C13H26N2. The highest BCUT2D eigenvalue weighted by molar-refractivity contribution is 4.82. The molecule has 2 heteroatoms. The molecule has 2 heterocycles. The second kappa shape index (κ2) is 5.86. The van der Waals surface area contributed by atoms with E-state index in [1.54, 1.807) is 0 Å². The van der Waals surface area contributed by atoms with Crippen molar-refractivity contribution in [3.05, 3.63) is 0 Å². The van der Waals surface area contributed by atoms with E-state index in [1.807, 2.05) is 0 Å². The smallest absolute Gasteiger partial charge is 0.000978 e. The molecule has 1 saturated carbocycles. The lowest BCUT2D eigenvalue weighted by Gasteiger charge is -2.21. The third-order valence-corrected chi connectivity index (χ3v) is 4.18. The molecular weight excluding hydrogens is 184 g/mol. The molecule has 1 aliphatic carbocycles. The molecule has 3 fully saturated rings. The first-order valence-electron chi connectivity index (χ1n) is 6.81. The van der Waals surface area contributed by atoms with E-state index in [2.05, 4.69) is 4.90 Å². The third-order valence-electron chi connectivity index (χ3n) is 4.18. The minimum absolute atomic E-state index is 0.866. The number of fused-ring (bicyclic) bond motifs is 4. The quantitative estimate of drug-likeness (QED) is 0.705. The van der Waals surface area contributed by atoms with Crippen molar-refractivity contribution in [3.8, 4) is 0 Å². The molecule has 0 aromatic heterocycles. The lowest BCUT2D eigenvalue weighted by Crippen LogP contribution is -2.29. The Hall–Kier alpha value is -0.0800. The summed E-state index contributed by atoms with van der Waals surface area (Å²) in [6, 6.07) is 0. The average molecular weight is 210 g/mol. The van der Waals surface area contributed by atoms with E-state index < -0.39 is 0 Å². The highest BCUT2D eigenvalue weighted by Crippen LogP contribution is 2.33. The van der Waals surface area contributed by atoms with Crippen molar-refractivity contribution in [1.82, 2.24) is 4.90 Å². The molecule has 0 atom stereocenters. The van der Waals surface area contributed by atoms with Gasteiger partial charge in [0.1, 0.15) is 0 Å². The van der Waals surface area contributed by atoms with Crippen LogP contribution in [0.1, 0.15) is 44.9 Å². The van der Waals surface area contributed by atoms with Gasteiger partial charge in [0, 0.05) is 13.1 Å². The number of hydrogen-bond acceptors (Lipinski definition) is 2. The topological polar surface area (TPSA) is 29.3 Å². The third kappa shape index (κ3) is 3.46. The van der Waals surface area contributed by atoms with Crippen LogP contribution in [0.25, 0.3) is 0 Å². The average Bonchev–Trinajstić information content (AvgIpc) is 2.57. The number of unbranched alkanes of at least 4 members (excludes halogenated alkanes) is 2. The Morgan fingerprint density at radius 3 is 2.00 bits per heavy atom. The Morgan fingerprint density at radius 1 is 0.867 bits per heavy atom. The predicted octanol–water partition coefficient (Wildman–Crippen LogP) is 2.24. The van der Waals surface area contributed by atoms with Crippen LogP contribution in [0.4, 0.5) is 0 Å². The fourth-order valence-corrected chi connectivity index (χ4v) is 3.24. The summed E-state index contributed by atoms with van der Waals surface area (Å²) in [5, 5.41) is 0. The first-order chi connectivity index (χ1) is 7.38. The molecule has 3 aliphatic rings. The fourth-order valence-electron chi connectivity index (χ4n) is 3.24. The zero-order chi connectivity index (χ0) is 10.5. The second-order valence-electron chi connectivity index (χ2n) is 5.50. The van der Waals surface area contributed by atoms with E-state index in [-0.39, 0.29) is 0 Å². The summed E-state index contributed by atoms with van der Waals surface area (Å²) >= 11 is 0. The molecule has 0 radical (unpaired) electrons. The normalized spacial score (nSPS) is 31.8. The zero-order valence-electron chi connectivity index (χ0n) is 9.96. The predicted molar refractivity (Wildman–Crippen MR) is 64.8 cm³/mol. The fraction of sp³-hybridized carbons (Fsp3) is 1.00. The summed E-state index contributed by atoms with van der Waals surface area (Å²) in [4.78, 5) is 2.73. The maximum atomic E-state index is 5.51. The van der Waals surface area contributed by atoms with Crippen LogP contribution in [0, 0.1) is 11.8 Å². The van der Waals surface area contributed by atoms with Crippen LogP contribution < -0.4 is 5.73 Å². The molecule has 2 bridgehead atoms. The second-order valence-corrected chi connectivity index (χ2v) is 5.50. The zero-order valence-corrected chi connectivity index (χ0v) is 9.96. The van der Waals surface area contributed by atoms with Crippen molar-refractivity contribution in [2.45, 2.75) is 44.9 Å². The van der Waals surface area contributed by atoms with Crippen LogP contribution >= 0.6 is 0 Å². The molecule has 0 aromatic carbocycles. The molecule has 0 amide bonds. The Labute approximate surface area is 94.2 Å². The van der Waals surface area contributed by atoms with Crippen molar-refractivity contribution in [2.75, 3.05) is 26.2 Å². The van der Waals surface area contributed by atoms with Crippen molar-refractivity contribution in [1.29, 1.82) is 0 Å². The van der Waals surface area contributed by atoms with Gasteiger partial charge in [-0.1, -0.05) is 6.42 Å². The summed E-state index contributed by atoms with van der Waals surface area (Å²) in [5.74, 6) is 2.05. The van der Waals surface area contributed by atoms with Gasteiger partial charge in [0.05, 0.1) is 0 Å². The van der Waals surface area contributed by atoms with Crippen LogP contribution in [0.15, 0.2) is 0 Å². The van der Waals surface area contributed by atoms with E-state index in [0.29, 0.717) is 0 Å². The lowest BCUT2D eigenvalue weighted by molar-refractivity contribution is 0.247. The Bertz CT molecular complexity index is 159. The van der Waals surface area contributed by atoms with E-state index in [1.165, 1.54) is 64.6 Å². The monoisotopic (exact) mass is 210 g/mol. The summed E-state index contributed by atoms with van der Waals surface area (Å²) in [5.41, 5.74) is 5.51. The summed E-state index contributed by atoms with van der Waals surface area (Å²) < 4.78 is 0. The summed E-state index contributed by atoms with van der Waals surface area (Å²) in [6.45, 7) is 4.97. The number of nitrogens with two attached hydrogens (primary N) is 1. The summed E-state index contributed by atoms with van der Waals surface area (Å²) in [6.07, 6.45) is 9.90. The van der Waals surface area contributed by atoms with Crippen LogP contribution in [-0.4, -0.2) is 31.1 Å². The SMILES string of the molecule is NCCCCCN1CC2CCC(CC2)C1. The summed E-state index contributed by atoms with van der Waals surface area (Å²) in [7, 11) is 0. The maximum Gasteiger partial charge on any atom is 0.000978 e. The van der Waals surface area contributed by atoms with Crippen LogP contribution in [-0.2, 0) is 0 Å². The van der Waals surface area contributed by atoms with Crippen molar-refractivity contribution >= 4 is 0 Å². The van der Waals surface area contributed by atoms with Gasteiger partial charge in [-0.2, -0.15) is 0 Å².